The molecule has 0 radical (unpaired) electrons. The van der Waals surface area contributed by atoms with Crippen LogP contribution in [-0.2, 0) is 9.47 Å². The van der Waals surface area contributed by atoms with Crippen LogP contribution in [0.4, 0.5) is 10.2 Å². The van der Waals surface area contributed by atoms with Crippen molar-refractivity contribution in [1.82, 2.24) is 30.0 Å². The maximum atomic E-state index is 17.3. The van der Waals surface area contributed by atoms with E-state index in [9.17, 15) is 5.11 Å². The van der Waals surface area contributed by atoms with E-state index in [1.54, 1.807) is 19.2 Å². The monoisotopic (exact) mass is 749 g/mol. The Morgan fingerprint density at radius 2 is 1.89 bits per heavy atom. The average molecular weight is 750 g/mol. The standard InChI is InChI=1S/C39H49ClFN7O5/c1-23-26(40)18-27-25(19-42-46-27)29(23)32-31(41)33-30(35(43-32)50-3)34(47-15-17-51-21-37(2,49)20-47)45-36(44-33)52-22-38-9-4-6-28(38)48(14-5-10-38)24-7-11-39(12-8-24)13-16-53-39/h18-19,24,28,49H,4-17,20-22H2,1-3H3,(H,42,46)/t24?,28-,37+,38-,39?/m1/s1. The van der Waals surface area contributed by atoms with Crippen LogP contribution >= 0.6 is 11.6 Å². The van der Waals surface area contributed by atoms with E-state index in [4.69, 9.17) is 45.5 Å². The van der Waals surface area contributed by atoms with E-state index < -0.39 is 11.4 Å². The summed E-state index contributed by atoms with van der Waals surface area (Å²) in [4.78, 5) is 19.2. The fraction of sp³-hybridized carbons (Fsp3) is 0.641. The third kappa shape index (κ3) is 6.11. The summed E-state index contributed by atoms with van der Waals surface area (Å²) < 4.78 is 41.6. The number of nitrogens with zero attached hydrogens (tertiary/aromatic N) is 6. The molecule has 3 saturated heterocycles. The fourth-order valence-electron chi connectivity index (χ4n) is 10.2. The van der Waals surface area contributed by atoms with Gasteiger partial charge in [-0.05, 0) is 89.8 Å². The van der Waals surface area contributed by atoms with Gasteiger partial charge in [0.2, 0.25) is 5.88 Å². The molecule has 53 heavy (non-hydrogen) atoms. The molecule has 3 aliphatic heterocycles. The van der Waals surface area contributed by atoms with Gasteiger partial charge in [0.25, 0.3) is 0 Å². The number of benzene rings is 1. The number of halogens is 2. The van der Waals surface area contributed by atoms with Crippen LogP contribution in [0.25, 0.3) is 33.1 Å². The predicted octanol–water partition coefficient (Wildman–Crippen LogP) is 6.38. The Morgan fingerprint density at radius 3 is 2.66 bits per heavy atom. The minimum Gasteiger partial charge on any atom is -0.480 e. The smallest absolute Gasteiger partial charge is 0.319 e. The number of nitrogens with one attached hydrogen (secondary N) is 1. The lowest BCUT2D eigenvalue weighted by atomic mass is 9.72. The minimum absolute atomic E-state index is 0.0211. The van der Waals surface area contributed by atoms with Crippen molar-refractivity contribution in [2.75, 3.05) is 58.1 Å². The first-order valence-corrected chi connectivity index (χ1v) is 19.6. The van der Waals surface area contributed by atoms with Crippen LogP contribution in [0.1, 0.15) is 76.7 Å². The zero-order valence-corrected chi connectivity index (χ0v) is 31.6. The number of aromatic amines is 1. The summed E-state index contributed by atoms with van der Waals surface area (Å²) in [5.41, 5.74) is 0.804. The molecule has 1 spiro atoms. The first-order valence-electron chi connectivity index (χ1n) is 19.2. The number of aliphatic hydroxyl groups is 1. The van der Waals surface area contributed by atoms with Crippen molar-refractivity contribution in [2.45, 2.75) is 101 Å². The summed E-state index contributed by atoms with van der Waals surface area (Å²) in [6.07, 6.45) is 13.1. The third-order valence-electron chi connectivity index (χ3n) is 13.0. The van der Waals surface area contributed by atoms with E-state index >= 15 is 4.39 Å². The van der Waals surface area contributed by atoms with E-state index in [0.29, 0.717) is 70.1 Å². The predicted molar refractivity (Wildman–Crippen MR) is 199 cm³/mol. The molecule has 1 aromatic carbocycles. The van der Waals surface area contributed by atoms with Crippen LogP contribution in [0.5, 0.6) is 11.9 Å². The molecule has 12 nitrogen and oxygen atoms in total. The van der Waals surface area contributed by atoms with Crippen molar-refractivity contribution in [1.29, 1.82) is 0 Å². The van der Waals surface area contributed by atoms with Crippen LogP contribution in [0.2, 0.25) is 5.02 Å². The van der Waals surface area contributed by atoms with E-state index in [-0.39, 0.29) is 47.3 Å². The van der Waals surface area contributed by atoms with E-state index in [1.807, 2.05) is 11.8 Å². The van der Waals surface area contributed by atoms with Crippen molar-refractivity contribution in [3.8, 4) is 23.1 Å². The van der Waals surface area contributed by atoms with Gasteiger partial charge in [-0.15, -0.1) is 0 Å². The molecule has 2 aliphatic carbocycles. The van der Waals surface area contributed by atoms with Crippen molar-refractivity contribution in [3.05, 3.63) is 28.7 Å². The number of hydrogen-bond donors (Lipinski definition) is 2. The second kappa shape index (κ2) is 13.4. The zero-order valence-electron chi connectivity index (χ0n) is 30.8. The molecule has 284 valence electrons. The van der Waals surface area contributed by atoms with Crippen LogP contribution in [-0.4, -0.2) is 112 Å². The first-order chi connectivity index (χ1) is 25.6. The Labute approximate surface area is 313 Å². The molecule has 9 rings (SSSR count). The number of hydrogen-bond acceptors (Lipinski definition) is 11. The highest BCUT2D eigenvalue weighted by molar-refractivity contribution is 6.33. The van der Waals surface area contributed by atoms with Gasteiger partial charge in [-0.2, -0.15) is 15.1 Å². The summed E-state index contributed by atoms with van der Waals surface area (Å²) in [5.74, 6) is -0.120. The van der Waals surface area contributed by atoms with Crippen molar-refractivity contribution in [3.63, 3.8) is 0 Å². The maximum absolute atomic E-state index is 17.3. The number of fused-ring (bicyclic) bond motifs is 3. The summed E-state index contributed by atoms with van der Waals surface area (Å²) in [7, 11) is 1.50. The van der Waals surface area contributed by atoms with E-state index in [2.05, 4.69) is 15.1 Å². The van der Waals surface area contributed by atoms with Gasteiger partial charge in [0.1, 0.15) is 28.0 Å². The van der Waals surface area contributed by atoms with Crippen LogP contribution < -0.4 is 14.4 Å². The molecule has 2 N–H and O–H groups in total. The highest BCUT2D eigenvalue weighted by atomic mass is 35.5. The Morgan fingerprint density at radius 1 is 1.08 bits per heavy atom. The molecule has 3 aromatic heterocycles. The Hall–Kier alpha value is -3.36. The molecule has 14 heteroatoms. The van der Waals surface area contributed by atoms with Crippen LogP contribution in [0.3, 0.4) is 0 Å². The lowest BCUT2D eigenvalue weighted by molar-refractivity contribution is -0.175. The number of aromatic nitrogens is 5. The molecule has 0 bridgehead atoms. The number of methoxy groups -OCH3 is 1. The molecule has 5 fully saturated rings. The first kappa shape index (κ1) is 35.3. The SMILES string of the molecule is COc1nc(-c2c(C)c(Cl)cc3[nH]ncc23)c(F)c2nc(OC[C@]34CCC[C@H]3N(C3CCC5(CCO5)CC3)CCC4)nc(N3CCOC[C@@](C)(O)C3)c12. The lowest BCUT2D eigenvalue weighted by Gasteiger charge is -2.53. The van der Waals surface area contributed by atoms with Crippen molar-refractivity contribution in [2.24, 2.45) is 5.41 Å². The molecular weight excluding hydrogens is 701 g/mol. The minimum atomic E-state index is -1.18. The van der Waals surface area contributed by atoms with Gasteiger partial charge in [0.05, 0.1) is 57.4 Å². The van der Waals surface area contributed by atoms with Gasteiger partial charge in [0, 0.05) is 40.0 Å². The number of pyridine rings is 1. The molecule has 6 heterocycles. The fourth-order valence-corrected chi connectivity index (χ4v) is 10.4. The highest BCUT2D eigenvalue weighted by Crippen LogP contribution is 2.51. The largest absolute Gasteiger partial charge is 0.480 e. The number of ether oxygens (including phenoxy) is 4. The molecular formula is C39H49ClFN7O5. The molecule has 4 aromatic rings. The number of anilines is 1. The second-order valence-electron chi connectivity index (χ2n) is 16.4. The van der Waals surface area contributed by atoms with Crippen molar-refractivity contribution < 1.29 is 28.4 Å². The van der Waals surface area contributed by atoms with Gasteiger partial charge in [-0.3, -0.25) is 10.00 Å². The molecule has 3 atom stereocenters. The van der Waals surface area contributed by atoms with Crippen LogP contribution in [0.15, 0.2) is 12.3 Å². The van der Waals surface area contributed by atoms with E-state index in [0.717, 1.165) is 58.1 Å². The van der Waals surface area contributed by atoms with Gasteiger partial charge in [-0.1, -0.05) is 18.0 Å². The Bertz CT molecular complexity index is 2030. The van der Waals surface area contributed by atoms with Crippen molar-refractivity contribution >= 4 is 39.2 Å². The van der Waals surface area contributed by atoms with Gasteiger partial charge < -0.3 is 29.0 Å². The average Bonchev–Trinajstić information content (AvgIpc) is 3.75. The Kier molecular flexibility index (Phi) is 8.96. The van der Waals surface area contributed by atoms with E-state index in [1.165, 1.54) is 26.4 Å². The number of H-pyrrole nitrogens is 1. The molecule has 2 saturated carbocycles. The third-order valence-corrected chi connectivity index (χ3v) is 13.4. The maximum Gasteiger partial charge on any atom is 0.319 e. The number of likely N-dealkylation sites (tertiary alicyclic amines) is 1. The van der Waals surface area contributed by atoms with Gasteiger partial charge in [-0.25, -0.2) is 9.37 Å². The zero-order chi connectivity index (χ0) is 36.5. The van der Waals surface area contributed by atoms with Gasteiger partial charge in [0.15, 0.2) is 5.82 Å². The summed E-state index contributed by atoms with van der Waals surface area (Å²) >= 11 is 6.65. The summed E-state index contributed by atoms with van der Waals surface area (Å²) in [6, 6.07) is 2.85. The molecule has 0 unspecified atom stereocenters. The summed E-state index contributed by atoms with van der Waals surface area (Å²) in [6.45, 7) is 7.14. The summed E-state index contributed by atoms with van der Waals surface area (Å²) in [5, 5.41) is 19.8. The second-order valence-corrected chi connectivity index (χ2v) is 16.8. The van der Waals surface area contributed by atoms with Gasteiger partial charge >= 0.3 is 6.01 Å². The molecule has 5 aliphatic rings. The number of β-amino-alcohol motifs (C(OH)–C–C–N with tert-alkyl or cyclic N) is 1. The topological polar surface area (TPSA) is 131 Å². The number of piperidine rings is 1. The number of rotatable bonds is 7. The highest BCUT2D eigenvalue weighted by Gasteiger charge is 2.52. The normalized spacial score (nSPS) is 30.8. The molecule has 0 amide bonds. The van der Waals surface area contributed by atoms with Crippen LogP contribution in [0, 0.1) is 18.2 Å². The lowest BCUT2D eigenvalue weighted by Crippen LogP contribution is -2.58. The quantitative estimate of drug-likeness (QED) is 0.218. The Balaban J connectivity index is 1.11.